The number of piperidine rings is 1. The van der Waals surface area contributed by atoms with Crippen LogP contribution in [0.3, 0.4) is 0 Å². The fraction of sp³-hybridized carbons (Fsp3) is 1.00. The normalized spacial score (nSPS) is 30.9. The molecule has 0 amide bonds. The lowest BCUT2D eigenvalue weighted by Gasteiger charge is -2.35. The van der Waals surface area contributed by atoms with Crippen LogP contribution in [0.2, 0.25) is 0 Å². The highest BCUT2D eigenvalue weighted by molar-refractivity contribution is 5.01. The van der Waals surface area contributed by atoms with Gasteiger partial charge in [0.05, 0.1) is 0 Å². The molecule has 3 heteroatoms. The molecule has 1 aliphatic carbocycles. The summed E-state index contributed by atoms with van der Waals surface area (Å²) in [6, 6.07) is 0. The van der Waals surface area contributed by atoms with E-state index >= 15 is 0 Å². The van der Waals surface area contributed by atoms with Gasteiger partial charge in [-0.1, -0.05) is 0 Å². The zero-order chi connectivity index (χ0) is 11.7. The first-order valence-electron chi connectivity index (χ1n) is 7.47. The number of hydrogen-bond acceptors (Lipinski definition) is 3. The molecular formula is C14H27N3. The standard InChI is InChI=1S/C14H27N3/c15-14(5-6-14)12-17-9-3-13(4-10-17)11-16-7-1-2-8-16/h13H,1-12,15H2. The lowest BCUT2D eigenvalue weighted by atomic mass is 9.96. The van der Waals surface area contributed by atoms with E-state index in [0.717, 1.165) is 12.5 Å². The van der Waals surface area contributed by atoms with Crippen molar-refractivity contribution in [3.05, 3.63) is 0 Å². The van der Waals surface area contributed by atoms with Gasteiger partial charge in [-0.05, 0) is 70.6 Å². The van der Waals surface area contributed by atoms with Crippen molar-refractivity contribution in [2.75, 3.05) is 39.3 Å². The molecule has 0 radical (unpaired) electrons. The maximum Gasteiger partial charge on any atom is 0.0284 e. The van der Waals surface area contributed by atoms with Gasteiger partial charge in [-0.2, -0.15) is 0 Å². The Balaban J connectivity index is 1.37. The second kappa shape index (κ2) is 4.87. The van der Waals surface area contributed by atoms with E-state index in [-0.39, 0.29) is 5.54 Å². The van der Waals surface area contributed by atoms with Crippen molar-refractivity contribution in [2.45, 2.75) is 44.1 Å². The maximum absolute atomic E-state index is 6.19. The van der Waals surface area contributed by atoms with Gasteiger partial charge in [0.2, 0.25) is 0 Å². The van der Waals surface area contributed by atoms with E-state index in [1.54, 1.807) is 0 Å². The lowest BCUT2D eigenvalue weighted by molar-refractivity contribution is 0.145. The van der Waals surface area contributed by atoms with Gasteiger partial charge in [0.1, 0.15) is 0 Å². The Bertz CT molecular complexity index is 248. The third kappa shape index (κ3) is 3.21. The Kier molecular flexibility index (Phi) is 3.42. The largest absolute Gasteiger partial charge is 0.324 e. The Morgan fingerprint density at radius 2 is 1.59 bits per heavy atom. The Morgan fingerprint density at radius 1 is 0.941 bits per heavy atom. The van der Waals surface area contributed by atoms with Gasteiger partial charge in [0, 0.05) is 18.6 Å². The van der Waals surface area contributed by atoms with Crippen LogP contribution in [0.5, 0.6) is 0 Å². The molecule has 98 valence electrons. The summed E-state index contributed by atoms with van der Waals surface area (Å²) in [6.45, 7) is 7.80. The molecule has 0 aromatic rings. The van der Waals surface area contributed by atoms with Crippen LogP contribution in [0.15, 0.2) is 0 Å². The van der Waals surface area contributed by atoms with Gasteiger partial charge in [-0.3, -0.25) is 0 Å². The van der Waals surface area contributed by atoms with Crippen molar-refractivity contribution in [3.63, 3.8) is 0 Å². The minimum atomic E-state index is 0.210. The molecular weight excluding hydrogens is 210 g/mol. The molecule has 3 rings (SSSR count). The summed E-state index contributed by atoms with van der Waals surface area (Å²) in [6.07, 6.45) is 8.14. The van der Waals surface area contributed by atoms with Gasteiger partial charge in [-0.25, -0.2) is 0 Å². The zero-order valence-corrected chi connectivity index (χ0v) is 11.0. The molecule has 2 aliphatic heterocycles. The summed E-state index contributed by atoms with van der Waals surface area (Å²) >= 11 is 0. The van der Waals surface area contributed by atoms with E-state index in [9.17, 15) is 0 Å². The molecule has 0 aromatic heterocycles. The summed E-state index contributed by atoms with van der Waals surface area (Å²) in [5.41, 5.74) is 6.40. The second-order valence-corrected chi connectivity index (χ2v) is 6.59. The quantitative estimate of drug-likeness (QED) is 0.799. The Labute approximate surface area is 105 Å². The molecule has 3 nitrogen and oxygen atoms in total. The van der Waals surface area contributed by atoms with Gasteiger partial charge >= 0.3 is 0 Å². The van der Waals surface area contributed by atoms with Crippen LogP contribution in [0, 0.1) is 5.92 Å². The second-order valence-electron chi connectivity index (χ2n) is 6.59. The van der Waals surface area contributed by atoms with E-state index < -0.39 is 0 Å². The highest BCUT2D eigenvalue weighted by Crippen LogP contribution is 2.34. The van der Waals surface area contributed by atoms with E-state index in [1.807, 2.05) is 0 Å². The number of rotatable bonds is 4. The predicted octanol–water partition coefficient (Wildman–Crippen LogP) is 1.29. The molecule has 3 aliphatic rings. The molecule has 0 bridgehead atoms. The van der Waals surface area contributed by atoms with Crippen LogP contribution in [0.1, 0.15) is 38.5 Å². The van der Waals surface area contributed by atoms with Crippen molar-refractivity contribution >= 4 is 0 Å². The lowest BCUT2D eigenvalue weighted by Crippen LogP contribution is -2.44. The van der Waals surface area contributed by atoms with Crippen molar-refractivity contribution in [1.82, 2.24) is 9.80 Å². The Hall–Kier alpha value is -0.120. The molecule has 1 saturated carbocycles. The van der Waals surface area contributed by atoms with Crippen molar-refractivity contribution in [3.8, 4) is 0 Å². The zero-order valence-electron chi connectivity index (χ0n) is 11.0. The SMILES string of the molecule is NC1(CN2CCC(CN3CCCC3)CC2)CC1. The summed E-state index contributed by atoms with van der Waals surface area (Å²) in [7, 11) is 0. The average molecular weight is 237 g/mol. The highest BCUT2D eigenvalue weighted by atomic mass is 15.2. The predicted molar refractivity (Wildman–Crippen MR) is 71.0 cm³/mol. The molecule has 2 heterocycles. The molecule has 0 atom stereocenters. The van der Waals surface area contributed by atoms with E-state index in [0.29, 0.717) is 0 Å². The van der Waals surface area contributed by atoms with Crippen molar-refractivity contribution < 1.29 is 0 Å². The number of hydrogen-bond donors (Lipinski definition) is 1. The molecule has 0 unspecified atom stereocenters. The van der Waals surface area contributed by atoms with Gasteiger partial charge in [-0.15, -0.1) is 0 Å². The minimum absolute atomic E-state index is 0.210. The number of likely N-dealkylation sites (tertiary alicyclic amines) is 2. The first-order valence-corrected chi connectivity index (χ1v) is 7.47. The van der Waals surface area contributed by atoms with Crippen LogP contribution < -0.4 is 5.73 Å². The summed E-state index contributed by atoms with van der Waals surface area (Å²) < 4.78 is 0. The first kappa shape index (κ1) is 11.9. The van der Waals surface area contributed by atoms with Crippen LogP contribution in [0.4, 0.5) is 0 Å². The van der Waals surface area contributed by atoms with Gasteiger partial charge < -0.3 is 15.5 Å². The summed E-state index contributed by atoms with van der Waals surface area (Å²) in [4.78, 5) is 5.28. The Morgan fingerprint density at radius 3 is 2.18 bits per heavy atom. The molecule has 17 heavy (non-hydrogen) atoms. The molecule has 2 saturated heterocycles. The molecule has 3 fully saturated rings. The van der Waals surface area contributed by atoms with Crippen LogP contribution >= 0.6 is 0 Å². The van der Waals surface area contributed by atoms with Gasteiger partial charge in [0.25, 0.3) is 0 Å². The van der Waals surface area contributed by atoms with Crippen molar-refractivity contribution in [2.24, 2.45) is 11.7 Å². The third-order valence-corrected chi connectivity index (χ3v) is 4.85. The maximum atomic E-state index is 6.19. The highest BCUT2D eigenvalue weighted by Gasteiger charge is 2.40. The van der Waals surface area contributed by atoms with Crippen LogP contribution in [-0.4, -0.2) is 54.6 Å². The fourth-order valence-corrected chi connectivity index (χ4v) is 3.42. The van der Waals surface area contributed by atoms with Crippen LogP contribution in [-0.2, 0) is 0 Å². The van der Waals surface area contributed by atoms with Gasteiger partial charge in [0.15, 0.2) is 0 Å². The van der Waals surface area contributed by atoms with E-state index in [1.165, 1.54) is 71.2 Å². The summed E-state index contributed by atoms with van der Waals surface area (Å²) in [5, 5.41) is 0. The fourth-order valence-electron chi connectivity index (χ4n) is 3.42. The van der Waals surface area contributed by atoms with Crippen LogP contribution in [0.25, 0.3) is 0 Å². The third-order valence-electron chi connectivity index (χ3n) is 4.85. The topological polar surface area (TPSA) is 32.5 Å². The summed E-state index contributed by atoms with van der Waals surface area (Å²) in [5.74, 6) is 0.956. The first-order chi connectivity index (χ1) is 8.23. The van der Waals surface area contributed by atoms with Crippen molar-refractivity contribution in [1.29, 1.82) is 0 Å². The number of nitrogens with two attached hydrogens (primary N) is 1. The minimum Gasteiger partial charge on any atom is -0.324 e. The average Bonchev–Trinajstić information content (AvgIpc) is 2.84. The smallest absolute Gasteiger partial charge is 0.0284 e. The molecule has 2 N–H and O–H groups in total. The monoisotopic (exact) mass is 237 g/mol. The molecule has 0 spiro atoms. The number of nitrogens with zero attached hydrogens (tertiary/aromatic N) is 2. The van der Waals surface area contributed by atoms with E-state index in [4.69, 9.17) is 5.73 Å². The van der Waals surface area contributed by atoms with E-state index in [2.05, 4.69) is 9.80 Å². The molecule has 0 aromatic carbocycles.